The van der Waals surface area contributed by atoms with E-state index in [0.717, 1.165) is 17.0 Å². The van der Waals surface area contributed by atoms with Crippen LogP contribution in [-0.4, -0.2) is 67.2 Å². The fraction of sp³-hybridized carbons (Fsp3) is 0.238. The first-order valence-corrected chi connectivity index (χ1v) is 12.8. The molecule has 3 aromatic rings. The molecule has 0 aliphatic carbocycles. The molecule has 0 saturated carbocycles. The highest BCUT2D eigenvalue weighted by molar-refractivity contribution is 8.00. The summed E-state index contributed by atoms with van der Waals surface area (Å²) in [6, 6.07) is 2.65. The van der Waals surface area contributed by atoms with Crippen molar-refractivity contribution in [3.8, 4) is 0 Å². The summed E-state index contributed by atoms with van der Waals surface area (Å²) in [7, 11) is 1.28. The molecule has 0 aromatic carbocycles. The van der Waals surface area contributed by atoms with Gasteiger partial charge in [0.2, 0.25) is 0 Å². The summed E-state index contributed by atoms with van der Waals surface area (Å²) < 4.78 is 3.71. The average Bonchev–Trinajstić information content (AvgIpc) is 3.45. The van der Waals surface area contributed by atoms with Gasteiger partial charge in [-0.15, -0.1) is 23.1 Å². The SMILES string of the molecule is CON=C(C(=O)N[C@@H]1C(=O)N2C(C(=O)O)=C(C[n+]3ccn4cc(Cl)ccc43)CS[C@@H]12)c1csc(N)n1. The monoisotopic (exact) mass is 548 g/mol. The van der Waals surface area contributed by atoms with E-state index in [4.69, 9.17) is 22.2 Å². The van der Waals surface area contributed by atoms with Crippen LogP contribution in [0.5, 0.6) is 0 Å². The first-order valence-electron chi connectivity index (χ1n) is 10.5. The first kappa shape index (κ1) is 24.1. The van der Waals surface area contributed by atoms with Crippen molar-refractivity contribution in [1.29, 1.82) is 0 Å². The average molecular weight is 549 g/mol. The number of halogens is 1. The molecular weight excluding hydrogens is 530 g/mol. The molecule has 2 atom stereocenters. The number of aliphatic carboxylic acids is 1. The summed E-state index contributed by atoms with van der Waals surface area (Å²) in [6.07, 6.45) is 5.38. The topological polar surface area (TPSA) is 156 Å². The van der Waals surface area contributed by atoms with Crippen molar-refractivity contribution in [3.63, 3.8) is 0 Å². The number of carboxylic acids is 1. The van der Waals surface area contributed by atoms with Gasteiger partial charge in [-0.05, 0) is 6.07 Å². The van der Waals surface area contributed by atoms with Gasteiger partial charge >= 0.3 is 5.97 Å². The molecule has 1 saturated heterocycles. The number of amides is 2. The van der Waals surface area contributed by atoms with Gasteiger partial charge < -0.3 is 21.0 Å². The number of thiazole rings is 1. The second-order valence-corrected chi connectivity index (χ2v) is 10.3. The zero-order valence-corrected chi connectivity index (χ0v) is 21.0. The Kier molecular flexibility index (Phi) is 6.32. The molecule has 2 amide bonds. The number of nitrogens with zero attached hydrogens (tertiary/aromatic N) is 5. The molecule has 12 nitrogen and oxygen atoms in total. The van der Waals surface area contributed by atoms with Gasteiger partial charge in [0, 0.05) is 22.8 Å². The van der Waals surface area contributed by atoms with Gasteiger partial charge in [-0.2, -0.15) is 0 Å². The highest BCUT2D eigenvalue weighted by Gasteiger charge is 2.54. The van der Waals surface area contributed by atoms with Crippen molar-refractivity contribution < 1.29 is 28.9 Å². The standard InChI is InChI=1S/C21H18ClN7O5S2/c1-34-26-14(12-9-36-21(23)24-12)17(30)25-15-18(31)29-16(20(32)33)10(8-35-19(15)29)6-27-4-5-28-7-11(22)2-3-13(27)28/h2-5,7,9,15,19H,6,8H2,1H3,(H3-,23,24,25,30,32,33)/p+1/t15-,19+/m1/s1. The first-order chi connectivity index (χ1) is 17.3. The Morgan fingerprint density at radius 2 is 2.25 bits per heavy atom. The predicted octanol–water partition coefficient (Wildman–Crippen LogP) is 0.708. The fourth-order valence-electron chi connectivity index (χ4n) is 4.12. The number of carbonyl (C=O) groups excluding carboxylic acids is 2. The Balaban J connectivity index is 1.37. The molecule has 0 radical (unpaired) electrons. The van der Waals surface area contributed by atoms with Gasteiger partial charge in [0.1, 0.15) is 55.1 Å². The quantitative estimate of drug-likeness (QED) is 0.169. The zero-order valence-electron chi connectivity index (χ0n) is 18.6. The Labute approximate surface area is 217 Å². The molecule has 186 valence electrons. The molecule has 3 aromatic heterocycles. The number of nitrogen functional groups attached to an aromatic ring is 1. The molecule has 5 rings (SSSR count). The van der Waals surface area contributed by atoms with Crippen LogP contribution in [0.25, 0.3) is 5.65 Å². The lowest BCUT2D eigenvalue weighted by Gasteiger charge is -2.49. The number of nitrogens with one attached hydrogen (secondary N) is 1. The number of oxime groups is 1. The number of thioether (sulfide) groups is 1. The lowest BCUT2D eigenvalue weighted by Crippen LogP contribution is -2.71. The van der Waals surface area contributed by atoms with E-state index in [2.05, 4.69) is 15.5 Å². The van der Waals surface area contributed by atoms with Gasteiger partial charge in [0.15, 0.2) is 10.8 Å². The molecule has 5 heterocycles. The van der Waals surface area contributed by atoms with Crippen LogP contribution in [0.3, 0.4) is 0 Å². The maximum atomic E-state index is 13.0. The molecule has 0 unspecified atom stereocenters. The fourth-order valence-corrected chi connectivity index (χ4v) is 6.17. The third kappa shape index (κ3) is 4.16. The molecule has 36 heavy (non-hydrogen) atoms. The summed E-state index contributed by atoms with van der Waals surface area (Å²) in [5.41, 5.74) is 7.04. The second-order valence-electron chi connectivity index (χ2n) is 7.85. The normalized spacial score (nSPS) is 19.8. The Hall–Kier alpha value is -3.62. The van der Waals surface area contributed by atoms with E-state index in [9.17, 15) is 19.5 Å². The number of pyridine rings is 1. The van der Waals surface area contributed by atoms with Crippen molar-refractivity contribution in [1.82, 2.24) is 19.6 Å². The van der Waals surface area contributed by atoms with Crippen molar-refractivity contribution in [2.45, 2.75) is 18.0 Å². The Morgan fingerprint density at radius 3 is 2.94 bits per heavy atom. The Bertz CT molecular complexity index is 1470. The minimum atomic E-state index is -1.21. The van der Waals surface area contributed by atoms with E-state index >= 15 is 0 Å². The maximum absolute atomic E-state index is 13.0. The van der Waals surface area contributed by atoms with E-state index in [1.807, 2.05) is 27.4 Å². The molecule has 2 aliphatic rings. The summed E-state index contributed by atoms with van der Waals surface area (Å²) >= 11 is 8.55. The van der Waals surface area contributed by atoms with Crippen LogP contribution in [0.15, 0.2) is 52.5 Å². The van der Waals surface area contributed by atoms with Crippen LogP contribution in [0.2, 0.25) is 5.02 Å². The molecule has 1 fully saturated rings. The van der Waals surface area contributed by atoms with E-state index < -0.39 is 29.2 Å². The predicted molar refractivity (Wildman–Crippen MR) is 132 cm³/mol. The van der Waals surface area contributed by atoms with Crippen molar-refractivity contribution >= 4 is 69.0 Å². The minimum absolute atomic E-state index is 0.0758. The third-order valence-electron chi connectivity index (χ3n) is 5.68. The minimum Gasteiger partial charge on any atom is -0.477 e. The summed E-state index contributed by atoms with van der Waals surface area (Å²) in [5, 5.41) is 18.1. The number of aromatic nitrogens is 3. The van der Waals surface area contributed by atoms with Crippen LogP contribution >= 0.6 is 34.7 Å². The smallest absolute Gasteiger partial charge is 0.352 e. The lowest BCUT2D eigenvalue weighted by molar-refractivity contribution is -0.662. The molecule has 2 aliphatic heterocycles. The number of rotatable bonds is 7. The Morgan fingerprint density at radius 1 is 1.44 bits per heavy atom. The van der Waals surface area contributed by atoms with E-state index in [1.165, 1.54) is 23.8 Å². The number of carboxylic acid groups (broad SMARTS) is 1. The van der Waals surface area contributed by atoms with Crippen molar-refractivity contribution in [3.05, 3.63) is 58.1 Å². The number of carbonyl (C=O) groups is 3. The summed E-state index contributed by atoms with van der Waals surface area (Å²) in [4.78, 5) is 48.1. The largest absolute Gasteiger partial charge is 0.477 e. The number of nitrogens with two attached hydrogens (primary N) is 1. The highest BCUT2D eigenvalue weighted by Crippen LogP contribution is 2.40. The lowest BCUT2D eigenvalue weighted by atomic mass is 10.0. The maximum Gasteiger partial charge on any atom is 0.352 e. The highest BCUT2D eigenvalue weighted by atomic mass is 35.5. The molecule has 0 bridgehead atoms. The number of hydrogen-bond acceptors (Lipinski definition) is 9. The number of imidazole rings is 1. The summed E-state index contributed by atoms with van der Waals surface area (Å²) in [5.74, 6) is -2.05. The number of β-lactam (4-membered cyclic amide) rings is 1. The molecule has 4 N–H and O–H groups in total. The van der Waals surface area contributed by atoms with E-state index in [0.29, 0.717) is 16.3 Å². The zero-order chi connectivity index (χ0) is 25.6. The van der Waals surface area contributed by atoms with Crippen LogP contribution in [0.4, 0.5) is 5.13 Å². The van der Waals surface area contributed by atoms with Crippen LogP contribution in [0, 0.1) is 0 Å². The van der Waals surface area contributed by atoms with Crippen LogP contribution in [-0.2, 0) is 25.8 Å². The summed E-state index contributed by atoms with van der Waals surface area (Å²) in [6.45, 7) is 0.274. The number of hydrogen-bond donors (Lipinski definition) is 3. The van der Waals surface area contributed by atoms with E-state index in [1.54, 1.807) is 17.6 Å². The van der Waals surface area contributed by atoms with Gasteiger partial charge in [-0.3, -0.25) is 14.5 Å². The van der Waals surface area contributed by atoms with Crippen molar-refractivity contribution in [2.75, 3.05) is 18.6 Å². The third-order valence-corrected chi connectivity index (χ3v) is 7.92. The second kappa shape index (κ2) is 9.44. The van der Waals surface area contributed by atoms with Crippen LogP contribution < -0.4 is 15.6 Å². The van der Waals surface area contributed by atoms with Gasteiger partial charge in [0.25, 0.3) is 17.5 Å². The van der Waals surface area contributed by atoms with Crippen LogP contribution in [0.1, 0.15) is 5.69 Å². The van der Waals surface area contributed by atoms with Gasteiger partial charge in [-0.1, -0.05) is 16.8 Å². The van der Waals surface area contributed by atoms with Crippen molar-refractivity contribution in [2.24, 2.45) is 5.16 Å². The number of fused-ring (bicyclic) bond motifs is 2. The van der Waals surface area contributed by atoms with Gasteiger partial charge in [0.05, 0.1) is 5.02 Å². The van der Waals surface area contributed by atoms with E-state index in [-0.39, 0.29) is 28.8 Å². The molecule has 15 heteroatoms. The van der Waals surface area contributed by atoms with Gasteiger partial charge in [-0.25, -0.2) is 18.7 Å². The number of anilines is 1. The molecular formula is C21H19ClN7O5S2+. The molecule has 0 spiro atoms.